The van der Waals surface area contributed by atoms with E-state index < -0.39 is 0 Å². The van der Waals surface area contributed by atoms with Crippen LogP contribution in [0, 0.1) is 0 Å². The Bertz CT molecular complexity index is 359. The molecular weight excluding hydrogens is 256 g/mol. The second-order valence-corrected chi connectivity index (χ2v) is 4.77. The number of methoxy groups -OCH3 is 1. The number of nitrogens with zero attached hydrogens (tertiary/aromatic N) is 1. The molecule has 0 bridgehead atoms. The van der Waals surface area contributed by atoms with E-state index in [1.807, 2.05) is 26.0 Å². The summed E-state index contributed by atoms with van der Waals surface area (Å²) in [5.41, 5.74) is 1.07. The lowest BCUT2D eigenvalue weighted by Gasteiger charge is -2.13. The standard InChI is InChI=1S/C15H26N2O3/c1-13(2)20-15-14(6-4-7-17-15)12-16-8-11-19-10-5-9-18-3/h4,6-7,13,16H,5,8-12H2,1-3H3. The van der Waals surface area contributed by atoms with Crippen LogP contribution in [0.3, 0.4) is 0 Å². The van der Waals surface area contributed by atoms with Gasteiger partial charge in [0.05, 0.1) is 12.7 Å². The van der Waals surface area contributed by atoms with E-state index >= 15 is 0 Å². The zero-order chi connectivity index (χ0) is 14.6. The molecule has 5 nitrogen and oxygen atoms in total. The van der Waals surface area contributed by atoms with E-state index in [1.165, 1.54) is 0 Å². The summed E-state index contributed by atoms with van der Waals surface area (Å²) in [7, 11) is 1.70. The molecule has 0 aliphatic heterocycles. The Morgan fingerprint density at radius 3 is 2.85 bits per heavy atom. The number of pyridine rings is 1. The number of hydrogen-bond acceptors (Lipinski definition) is 5. The van der Waals surface area contributed by atoms with Crippen LogP contribution in [-0.2, 0) is 16.0 Å². The molecule has 0 fully saturated rings. The van der Waals surface area contributed by atoms with Crippen molar-refractivity contribution in [3.05, 3.63) is 23.9 Å². The van der Waals surface area contributed by atoms with E-state index in [-0.39, 0.29) is 6.10 Å². The largest absolute Gasteiger partial charge is 0.475 e. The van der Waals surface area contributed by atoms with E-state index in [9.17, 15) is 0 Å². The van der Waals surface area contributed by atoms with Crippen LogP contribution in [0.5, 0.6) is 5.88 Å². The molecule has 5 heteroatoms. The Labute approximate surface area is 121 Å². The summed E-state index contributed by atoms with van der Waals surface area (Å²) in [4.78, 5) is 4.26. The van der Waals surface area contributed by atoms with Crippen LogP contribution in [0.15, 0.2) is 18.3 Å². The molecule has 0 spiro atoms. The van der Waals surface area contributed by atoms with Gasteiger partial charge in [-0.1, -0.05) is 6.07 Å². The Hall–Kier alpha value is -1.17. The zero-order valence-corrected chi connectivity index (χ0v) is 12.7. The van der Waals surface area contributed by atoms with Crippen LogP contribution in [0.1, 0.15) is 25.8 Å². The van der Waals surface area contributed by atoms with E-state index in [0.29, 0.717) is 12.5 Å². The summed E-state index contributed by atoms with van der Waals surface area (Å²) in [6.07, 6.45) is 2.82. The van der Waals surface area contributed by atoms with Crippen molar-refractivity contribution in [2.45, 2.75) is 32.9 Å². The summed E-state index contributed by atoms with van der Waals surface area (Å²) < 4.78 is 16.1. The van der Waals surface area contributed by atoms with Gasteiger partial charge in [0.1, 0.15) is 0 Å². The minimum absolute atomic E-state index is 0.132. The molecule has 0 unspecified atom stereocenters. The quantitative estimate of drug-likeness (QED) is 0.629. The maximum atomic E-state index is 5.67. The second-order valence-electron chi connectivity index (χ2n) is 4.77. The van der Waals surface area contributed by atoms with Gasteiger partial charge < -0.3 is 19.5 Å². The molecule has 0 amide bonds. The highest BCUT2D eigenvalue weighted by Gasteiger charge is 2.05. The van der Waals surface area contributed by atoms with Gasteiger partial charge in [0.2, 0.25) is 5.88 Å². The third-order valence-electron chi connectivity index (χ3n) is 2.57. The van der Waals surface area contributed by atoms with Crippen molar-refractivity contribution in [3.8, 4) is 5.88 Å². The molecule has 0 aliphatic rings. The van der Waals surface area contributed by atoms with Crippen LogP contribution in [0.2, 0.25) is 0 Å². The Morgan fingerprint density at radius 2 is 2.10 bits per heavy atom. The van der Waals surface area contributed by atoms with E-state index in [0.717, 1.165) is 38.3 Å². The fraction of sp³-hybridized carbons (Fsp3) is 0.667. The maximum absolute atomic E-state index is 5.67. The molecule has 1 N–H and O–H groups in total. The molecule has 1 aromatic heterocycles. The molecule has 0 aliphatic carbocycles. The third kappa shape index (κ3) is 7.43. The van der Waals surface area contributed by atoms with Crippen LogP contribution < -0.4 is 10.1 Å². The molecule has 0 aromatic carbocycles. The third-order valence-corrected chi connectivity index (χ3v) is 2.57. The summed E-state index contributed by atoms with van der Waals surface area (Å²) >= 11 is 0. The first kappa shape index (κ1) is 16.9. The van der Waals surface area contributed by atoms with E-state index in [2.05, 4.69) is 10.3 Å². The summed E-state index contributed by atoms with van der Waals surface area (Å²) in [6, 6.07) is 3.95. The van der Waals surface area contributed by atoms with Gasteiger partial charge in [-0.2, -0.15) is 0 Å². The van der Waals surface area contributed by atoms with Crippen LogP contribution in [-0.4, -0.2) is 44.6 Å². The van der Waals surface area contributed by atoms with Crippen molar-refractivity contribution in [2.24, 2.45) is 0 Å². The highest BCUT2D eigenvalue weighted by Crippen LogP contribution is 2.15. The minimum atomic E-state index is 0.132. The molecule has 20 heavy (non-hydrogen) atoms. The van der Waals surface area contributed by atoms with E-state index in [1.54, 1.807) is 13.3 Å². The molecule has 0 atom stereocenters. The summed E-state index contributed by atoms with van der Waals surface area (Å²) in [5, 5.41) is 3.33. The Balaban J connectivity index is 2.18. The first-order chi connectivity index (χ1) is 9.74. The number of aromatic nitrogens is 1. The van der Waals surface area contributed by atoms with Crippen molar-refractivity contribution in [2.75, 3.05) is 33.5 Å². The molecule has 0 radical (unpaired) electrons. The van der Waals surface area contributed by atoms with Gasteiger partial charge in [0.15, 0.2) is 0 Å². The maximum Gasteiger partial charge on any atom is 0.218 e. The lowest BCUT2D eigenvalue weighted by molar-refractivity contribution is 0.104. The average molecular weight is 282 g/mol. The van der Waals surface area contributed by atoms with Gasteiger partial charge in [-0.05, 0) is 26.3 Å². The van der Waals surface area contributed by atoms with Crippen molar-refractivity contribution in [1.29, 1.82) is 0 Å². The molecule has 1 rings (SSSR count). The smallest absolute Gasteiger partial charge is 0.218 e. The number of ether oxygens (including phenoxy) is 3. The fourth-order valence-corrected chi connectivity index (χ4v) is 1.66. The molecular formula is C15H26N2O3. The fourth-order valence-electron chi connectivity index (χ4n) is 1.66. The average Bonchev–Trinajstić information content (AvgIpc) is 2.43. The first-order valence-electron chi connectivity index (χ1n) is 7.12. The Morgan fingerprint density at radius 1 is 1.25 bits per heavy atom. The second kappa shape index (κ2) is 10.6. The predicted octanol–water partition coefficient (Wildman–Crippen LogP) is 2.01. The first-order valence-corrected chi connectivity index (χ1v) is 7.12. The molecule has 0 saturated heterocycles. The highest BCUT2D eigenvalue weighted by atomic mass is 16.5. The number of rotatable bonds is 11. The molecule has 1 aromatic rings. The molecule has 0 saturated carbocycles. The van der Waals surface area contributed by atoms with Gasteiger partial charge in [0, 0.05) is 45.2 Å². The van der Waals surface area contributed by atoms with Gasteiger partial charge in [-0.15, -0.1) is 0 Å². The van der Waals surface area contributed by atoms with Crippen molar-refractivity contribution >= 4 is 0 Å². The summed E-state index contributed by atoms with van der Waals surface area (Å²) in [5.74, 6) is 0.705. The van der Waals surface area contributed by atoms with Gasteiger partial charge in [-0.3, -0.25) is 0 Å². The molecule has 1 heterocycles. The minimum Gasteiger partial charge on any atom is -0.475 e. The lowest BCUT2D eigenvalue weighted by atomic mass is 10.2. The van der Waals surface area contributed by atoms with Gasteiger partial charge in [0.25, 0.3) is 0 Å². The van der Waals surface area contributed by atoms with Gasteiger partial charge in [-0.25, -0.2) is 4.98 Å². The SMILES string of the molecule is COCCCOCCNCc1cccnc1OC(C)C. The van der Waals surface area contributed by atoms with Crippen molar-refractivity contribution in [3.63, 3.8) is 0 Å². The Kier molecular flexibility index (Phi) is 8.95. The van der Waals surface area contributed by atoms with Crippen LogP contribution >= 0.6 is 0 Å². The normalized spacial score (nSPS) is 11.0. The van der Waals surface area contributed by atoms with Crippen molar-refractivity contribution < 1.29 is 14.2 Å². The van der Waals surface area contributed by atoms with Crippen molar-refractivity contribution in [1.82, 2.24) is 10.3 Å². The van der Waals surface area contributed by atoms with Gasteiger partial charge >= 0.3 is 0 Å². The monoisotopic (exact) mass is 282 g/mol. The molecule has 114 valence electrons. The number of nitrogens with one attached hydrogen (secondary N) is 1. The van der Waals surface area contributed by atoms with E-state index in [4.69, 9.17) is 14.2 Å². The van der Waals surface area contributed by atoms with Crippen LogP contribution in [0.25, 0.3) is 0 Å². The highest BCUT2D eigenvalue weighted by molar-refractivity contribution is 5.25. The van der Waals surface area contributed by atoms with Crippen LogP contribution in [0.4, 0.5) is 0 Å². The predicted molar refractivity (Wildman–Crippen MR) is 79.0 cm³/mol. The lowest BCUT2D eigenvalue weighted by Crippen LogP contribution is -2.21. The topological polar surface area (TPSA) is 52.6 Å². The summed E-state index contributed by atoms with van der Waals surface area (Å²) in [6.45, 7) is 7.73. The number of hydrogen-bond donors (Lipinski definition) is 1. The zero-order valence-electron chi connectivity index (χ0n) is 12.7.